The number of hydrogen-bond acceptors (Lipinski definition) is 5. The van der Waals surface area contributed by atoms with E-state index in [4.69, 9.17) is 4.74 Å². The third-order valence-corrected chi connectivity index (χ3v) is 4.72. The summed E-state index contributed by atoms with van der Waals surface area (Å²) in [6, 6.07) is 0. The Labute approximate surface area is 137 Å². The SMILES string of the molecule is COCCN1CCC(CN(C)C(=O)c2cnc(C3CC3)nc2)C1. The molecule has 0 N–H and O–H groups in total. The van der Waals surface area contributed by atoms with Gasteiger partial charge in [-0.3, -0.25) is 4.79 Å². The summed E-state index contributed by atoms with van der Waals surface area (Å²) >= 11 is 0. The van der Waals surface area contributed by atoms with Crippen molar-refractivity contribution in [3.63, 3.8) is 0 Å². The van der Waals surface area contributed by atoms with Crippen molar-refractivity contribution in [1.29, 1.82) is 0 Å². The van der Waals surface area contributed by atoms with Gasteiger partial charge in [-0.15, -0.1) is 0 Å². The van der Waals surface area contributed by atoms with Gasteiger partial charge in [-0.2, -0.15) is 0 Å². The molecule has 1 saturated carbocycles. The highest BCUT2D eigenvalue weighted by molar-refractivity contribution is 5.93. The summed E-state index contributed by atoms with van der Waals surface area (Å²) < 4.78 is 5.13. The van der Waals surface area contributed by atoms with E-state index in [1.165, 1.54) is 12.8 Å². The first kappa shape index (κ1) is 16.3. The van der Waals surface area contributed by atoms with Gasteiger partial charge in [0.1, 0.15) is 5.82 Å². The predicted molar refractivity (Wildman–Crippen MR) is 87.4 cm³/mol. The van der Waals surface area contributed by atoms with Crippen LogP contribution in [-0.4, -0.2) is 72.6 Å². The minimum atomic E-state index is 0.0164. The van der Waals surface area contributed by atoms with Crippen molar-refractivity contribution in [3.05, 3.63) is 23.8 Å². The van der Waals surface area contributed by atoms with Gasteiger partial charge >= 0.3 is 0 Å². The number of methoxy groups -OCH3 is 1. The summed E-state index contributed by atoms with van der Waals surface area (Å²) in [7, 11) is 3.60. The van der Waals surface area contributed by atoms with Crippen LogP contribution in [0.4, 0.5) is 0 Å². The third kappa shape index (κ3) is 4.26. The zero-order valence-electron chi connectivity index (χ0n) is 14.1. The molecule has 1 atom stereocenters. The lowest BCUT2D eigenvalue weighted by Crippen LogP contribution is -2.33. The molecule has 1 aromatic heterocycles. The standard InChI is InChI=1S/C17H26N4O2/c1-20(11-13-5-6-21(12-13)7-8-23-2)17(22)15-9-18-16(19-10-15)14-3-4-14/h9-10,13-14H,3-8,11-12H2,1-2H3. The van der Waals surface area contributed by atoms with E-state index in [1.54, 1.807) is 24.4 Å². The van der Waals surface area contributed by atoms with Crippen LogP contribution in [0.25, 0.3) is 0 Å². The number of amides is 1. The molecule has 0 spiro atoms. The molecule has 1 aliphatic heterocycles. The van der Waals surface area contributed by atoms with Crippen molar-refractivity contribution in [2.45, 2.75) is 25.2 Å². The Morgan fingerprint density at radius 1 is 1.35 bits per heavy atom. The second-order valence-corrected chi connectivity index (χ2v) is 6.74. The van der Waals surface area contributed by atoms with Gasteiger partial charge in [0.05, 0.1) is 12.2 Å². The normalized spacial score (nSPS) is 21.6. The first-order valence-electron chi connectivity index (χ1n) is 8.46. The second-order valence-electron chi connectivity index (χ2n) is 6.74. The van der Waals surface area contributed by atoms with Crippen molar-refractivity contribution in [3.8, 4) is 0 Å². The highest BCUT2D eigenvalue weighted by atomic mass is 16.5. The lowest BCUT2D eigenvalue weighted by Gasteiger charge is -2.21. The molecule has 126 valence electrons. The number of carbonyl (C=O) groups excluding carboxylic acids is 1. The Balaban J connectivity index is 1.49. The second kappa shape index (κ2) is 7.36. The van der Waals surface area contributed by atoms with Gasteiger partial charge in [0.2, 0.25) is 0 Å². The lowest BCUT2D eigenvalue weighted by atomic mass is 10.1. The highest BCUT2D eigenvalue weighted by Crippen LogP contribution is 2.37. The van der Waals surface area contributed by atoms with E-state index < -0.39 is 0 Å². The molecule has 1 saturated heterocycles. The lowest BCUT2D eigenvalue weighted by molar-refractivity contribution is 0.0771. The maximum atomic E-state index is 12.5. The van der Waals surface area contributed by atoms with E-state index in [0.717, 1.165) is 45.0 Å². The Hall–Kier alpha value is -1.53. The van der Waals surface area contributed by atoms with Crippen LogP contribution in [0.1, 0.15) is 41.4 Å². The topological polar surface area (TPSA) is 58.6 Å². The summed E-state index contributed by atoms with van der Waals surface area (Å²) in [5.41, 5.74) is 0.589. The number of likely N-dealkylation sites (tertiary alicyclic amines) is 1. The molecule has 1 aliphatic carbocycles. The number of aromatic nitrogens is 2. The predicted octanol–water partition coefficient (Wildman–Crippen LogP) is 1.39. The van der Waals surface area contributed by atoms with Crippen LogP contribution in [0.5, 0.6) is 0 Å². The first-order valence-corrected chi connectivity index (χ1v) is 8.46. The van der Waals surface area contributed by atoms with Crippen molar-refractivity contribution < 1.29 is 9.53 Å². The van der Waals surface area contributed by atoms with Crippen LogP contribution in [0.2, 0.25) is 0 Å². The Kier molecular flexibility index (Phi) is 5.23. The number of nitrogens with zero attached hydrogens (tertiary/aromatic N) is 4. The summed E-state index contributed by atoms with van der Waals surface area (Å²) in [4.78, 5) is 25.4. The molecule has 6 heteroatoms. The van der Waals surface area contributed by atoms with Crippen LogP contribution in [-0.2, 0) is 4.74 Å². The molecular formula is C17H26N4O2. The zero-order valence-corrected chi connectivity index (χ0v) is 14.1. The van der Waals surface area contributed by atoms with Crippen molar-refractivity contribution in [2.75, 3.05) is 46.9 Å². The first-order chi connectivity index (χ1) is 11.2. The maximum Gasteiger partial charge on any atom is 0.256 e. The smallest absolute Gasteiger partial charge is 0.256 e. The molecule has 6 nitrogen and oxygen atoms in total. The molecule has 1 amide bonds. The molecule has 0 aromatic carbocycles. The average Bonchev–Trinajstić information content (AvgIpc) is 3.33. The van der Waals surface area contributed by atoms with E-state index in [9.17, 15) is 4.79 Å². The molecule has 1 aromatic rings. The molecular weight excluding hydrogens is 292 g/mol. The molecule has 0 bridgehead atoms. The average molecular weight is 318 g/mol. The quantitative estimate of drug-likeness (QED) is 0.760. The van der Waals surface area contributed by atoms with Crippen molar-refractivity contribution >= 4 is 5.91 Å². The molecule has 2 heterocycles. The number of rotatable bonds is 7. The molecule has 2 aliphatic rings. The van der Waals surface area contributed by atoms with Gasteiger partial charge in [0.15, 0.2) is 0 Å². The van der Waals surface area contributed by atoms with Crippen LogP contribution in [0, 0.1) is 5.92 Å². The summed E-state index contributed by atoms with van der Waals surface area (Å²) in [6.07, 6.45) is 6.85. The van der Waals surface area contributed by atoms with Gasteiger partial charge in [-0.25, -0.2) is 9.97 Å². The summed E-state index contributed by atoms with van der Waals surface area (Å²) in [6.45, 7) is 4.66. The molecule has 1 unspecified atom stereocenters. The number of hydrogen-bond donors (Lipinski definition) is 0. The fourth-order valence-electron chi connectivity index (χ4n) is 3.18. The summed E-state index contributed by atoms with van der Waals surface area (Å²) in [5, 5.41) is 0. The summed E-state index contributed by atoms with van der Waals surface area (Å²) in [5.74, 6) is 1.96. The Bertz CT molecular complexity index is 530. The largest absolute Gasteiger partial charge is 0.383 e. The van der Waals surface area contributed by atoms with Crippen molar-refractivity contribution in [2.24, 2.45) is 5.92 Å². The van der Waals surface area contributed by atoms with Crippen LogP contribution < -0.4 is 0 Å². The van der Waals surface area contributed by atoms with Crippen molar-refractivity contribution in [1.82, 2.24) is 19.8 Å². The third-order valence-electron chi connectivity index (χ3n) is 4.72. The maximum absolute atomic E-state index is 12.5. The molecule has 23 heavy (non-hydrogen) atoms. The van der Waals surface area contributed by atoms with Gasteiger partial charge in [-0.05, 0) is 31.7 Å². The molecule has 0 radical (unpaired) electrons. The Morgan fingerprint density at radius 3 is 2.74 bits per heavy atom. The highest BCUT2D eigenvalue weighted by Gasteiger charge is 2.27. The fraction of sp³-hybridized carbons (Fsp3) is 0.706. The van der Waals surface area contributed by atoms with E-state index in [-0.39, 0.29) is 5.91 Å². The van der Waals surface area contributed by atoms with E-state index in [1.807, 2.05) is 7.05 Å². The van der Waals surface area contributed by atoms with Crippen LogP contribution in [0.15, 0.2) is 12.4 Å². The van der Waals surface area contributed by atoms with E-state index in [0.29, 0.717) is 17.4 Å². The monoisotopic (exact) mass is 318 g/mol. The molecule has 2 fully saturated rings. The fourth-order valence-corrected chi connectivity index (χ4v) is 3.18. The van der Waals surface area contributed by atoms with Gasteiger partial charge in [-0.1, -0.05) is 0 Å². The van der Waals surface area contributed by atoms with Gasteiger partial charge in [0.25, 0.3) is 5.91 Å². The number of carbonyl (C=O) groups is 1. The number of ether oxygens (including phenoxy) is 1. The molecule has 3 rings (SSSR count). The zero-order chi connectivity index (χ0) is 16.2. The van der Waals surface area contributed by atoms with E-state index in [2.05, 4.69) is 14.9 Å². The Morgan fingerprint density at radius 2 is 2.09 bits per heavy atom. The van der Waals surface area contributed by atoms with Crippen LogP contribution in [0.3, 0.4) is 0 Å². The minimum absolute atomic E-state index is 0.0164. The van der Waals surface area contributed by atoms with Gasteiger partial charge in [0, 0.05) is 52.1 Å². The van der Waals surface area contributed by atoms with Crippen LogP contribution >= 0.6 is 0 Å². The van der Waals surface area contributed by atoms with Gasteiger partial charge < -0.3 is 14.5 Å². The minimum Gasteiger partial charge on any atom is -0.383 e. The van der Waals surface area contributed by atoms with E-state index >= 15 is 0 Å².